The van der Waals surface area contributed by atoms with E-state index in [1.54, 1.807) is 18.2 Å². The van der Waals surface area contributed by atoms with Crippen molar-refractivity contribution in [3.8, 4) is 5.75 Å². The van der Waals surface area contributed by atoms with Crippen molar-refractivity contribution >= 4 is 33.3 Å². The lowest BCUT2D eigenvalue weighted by molar-refractivity contribution is -0.384. The van der Waals surface area contributed by atoms with Gasteiger partial charge in [-0.05, 0) is 42.0 Å². The number of sulfonamides is 1. The van der Waals surface area contributed by atoms with Crippen molar-refractivity contribution in [1.29, 1.82) is 0 Å². The molecule has 0 aliphatic rings. The molecule has 0 saturated heterocycles. The molecular weight excluding hydrogens is 477 g/mol. The van der Waals surface area contributed by atoms with Crippen molar-refractivity contribution in [3.63, 3.8) is 0 Å². The van der Waals surface area contributed by atoms with E-state index in [1.807, 2.05) is 0 Å². The molecule has 0 bridgehead atoms. The van der Waals surface area contributed by atoms with Crippen LogP contribution in [0.3, 0.4) is 0 Å². The highest BCUT2D eigenvalue weighted by Gasteiger charge is 2.29. The zero-order valence-electron chi connectivity index (χ0n) is 17.4. The van der Waals surface area contributed by atoms with Crippen LogP contribution in [0.2, 0.25) is 0 Å². The monoisotopic (exact) mass is 494 g/mol. The highest BCUT2D eigenvalue weighted by Crippen LogP contribution is 2.31. The minimum atomic E-state index is -4.48. The van der Waals surface area contributed by atoms with Gasteiger partial charge in [0.2, 0.25) is 0 Å². The average Bonchev–Trinajstić information content (AvgIpc) is 2.79. The molecule has 13 heteroatoms. The molecule has 9 nitrogen and oxygen atoms in total. The summed E-state index contributed by atoms with van der Waals surface area (Å²) in [4.78, 5) is 10.3. The molecule has 34 heavy (non-hydrogen) atoms. The van der Waals surface area contributed by atoms with E-state index in [4.69, 9.17) is 4.74 Å². The number of hydrogen-bond donors (Lipinski definition) is 2. The Balaban J connectivity index is 1.81. The first-order valence-electron chi connectivity index (χ1n) is 9.42. The molecule has 3 rings (SSSR count). The fourth-order valence-corrected chi connectivity index (χ4v) is 3.88. The molecule has 0 radical (unpaired) electrons. The Labute approximate surface area is 192 Å². The van der Waals surface area contributed by atoms with Crippen LogP contribution in [0, 0.1) is 10.1 Å². The number of hydrogen-bond acceptors (Lipinski definition) is 7. The normalized spacial score (nSPS) is 11.9. The number of para-hydroxylation sites is 2. The maximum Gasteiger partial charge on any atom is 0.416 e. The lowest BCUT2D eigenvalue weighted by Crippen LogP contribution is -2.14. The van der Waals surface area contributed by atoms with E-state index in [1.165, 1.54) is 25.3 Å². The first kappa shape index (κ1) is 24.5. The summed E-state index contributed by atoms with van der Waals surface area (Å²) in [5.74, 6) is 0.261. The number of benzene rings is 3. The van der Waals surface area contributed by atoms with Gasteiger partial charge in [0, 0.05) is 6.07 Å². The quantitative estimate of drug-likeness (QED) is 0.262. The summed E-state index contributed by atoms with van der Waals surface area (Å²) in [6, 6.07) is 13.5. The van der Waals surface area contributed by atoms with Crippen molar-refractivity contribution in [2.45, 2.75) is 11.1 Å². The van der Waals surface area contributed by atoms with E-state index in [0.717, 1.165) is 36.5 Å². The largest absolute Gasteiger partial charge is 0.495 e. The second kappa shape index (κ2) is 9.79. The lowest BCUT2D eigenvalue weighted by Gasteiger charge is -2.12. The molecule has 0 amide bonds. The van der Waals surface area contributed by atoms with Crippen molar-refractivity contribution in [3.05, 3.63) is 88.0 Å². The van der Waals surface area contributed by atoms with E-state index in [2.05, 4.69) is 15.2 Å². The predicted molar refractivity (Wildman–Crippen MR) is 120 cm³/mol. The molecule has 0 heterocycles. The van der Waals surface area contributed by atoms with Crippen LogP contribution in [0.1, 0.15) is 11.1 Å². The molecule has 0 aliphatic heterocycles. The van der Waals surface area contributed by atoms with Gasteiger partial charge in [0.25, 0.3) is 15.7 Å². The maximum atomic E-state index is 12.7. The van der Waals surface area contributed by atoms with Gasteiger partial charge in [0.15, 0.2) is 0 Å². The SMILES string of the molecule is COc1ccccc1NS(=O)(=O)c1ccc(NN=Cc2ccc(C(F)(F)F)cc2)c([N+](=O)[O-])c1. The van der Waals surface area contributed by atoms with Crippen LogP contribution in [0.15, 0.2) is 76.7 Å². The van der Waals surface area contributed by atoms with Crippen LogP contribution in [-0.4, -0.2) is 26.7 Å². The maximum absolute atomic E-state index is 12.7. The minimum Gasteiger partial charge on any atom is -0.495 e. The van der Waals surface area contributed by atoms with Crippen LogP contribution in [-0.2, 0) is 16.2 Å². The van der Waals surface area contributed by atoms with E-state index in [-0.39, 0.29) is 22.0 Å². The van der Waals surface area contributed by atoms with Gasteiger partial charge in [-0.3, -0.25) is 20.3 Å². The fourth-order valence-electron chi connectivity index (χ4n) is 2.79. The molecule has 2 N–H and O–H groups in total. The molecule has 3 aromatic carbocycles. The Morgan fingerprint density at radius 1 is 1.03 bits per heavy atom. The molecule has 3 aromatic rings. The van der Waals surface area contributed by atoms with E-state index in [9.17, 15) is 31.7 Å². The summed E-state index contributed by atoms with van der Waals surface area (Å²) in [5.41, 5.74) is 1.34. The number of alkyl halides is 3. The number of ether oxygens (including phenoxy) is 1. The van der Waals surface area contributed by atoms with Crippen LogP contribution < -0.4 is 14.9 Å². The van der Waals surface area contributed by atoms with Gasteiger partial charge in [0.05, 0.1) is 34.4 Å². The second-order valence-corrected chi connectivity index (χ2v) is 8.41. The Morgan fingerprint density at radius 3 is 2.32 bits per heavy atom. The number of methoxy groups -OCH3 is 1. The van der Waals surface area contributed by atoms with Gasteiger partial charge < -0.3 is 4.74 Å². The van der Waals surface area contributed by atoms with Crippen molar-refractivity contribution in [2.24, 2.45) is 5.10 Å². The second-order valence-electron chi connectivity index (χ2n) is 6.73. The fraction of sp³-hybridized carbons (Fsp3) is 0.0952. The molecule has 0 unspecified atom stereocenters. The zero-order chi connectivity index (χ0) is 24.9. The summed E-state index contributed by atoms with van der Waals surface area (Å²) in [6.07, 6.45) is -3.31. The first-order valence-corrected chi connectivity index (χ1v) is 10.9. The van der Waals surface area contributed by atoms with Gasteiger partial charge in [-0.15, -0.1) is 0 Å². The van der Waals surface area contributed by atoms with Gasteiger partial charge >= 0.3 is 6.18 Å². The Hall–Kier alpha value is -4.13. The Kier molecular flexibility index (Phi) is 7.05. The Bertz CT molecular complexity index is 1330. The molecule has 0 aromatic heterocycles. The van der Waals surface area contributed by atoms with Crippen LogP contribution >= 0.6 is 0 Å². The summed E-state index contributed by atoms with van der Waals surface area (Å²) < 4.78 is 70.8. The molecular formula is C21H17F3N4O5S. The topological polar surface area (TPSA) is 123 Å². The third-order valence-electron chi connectivity index (χ3n) is 4.46. The highest BCUT2D eigenvalue weighted by molar-refractivity contribution is 7.92. The predicted octanol–water partition coefficient (Wildman–Crippen LogP) is 4.87. The number of anilines is 2. The van der Waals surface area contributed by atoms with Crippen molar-refractivity contribution in [1.82, 2.24) is 0 Å². The smallest absolute Gasteiger partial charge is 0.416 e. The molecule has 0 fully saturated rings. The number of rotatable bonds is 8. The summed E-state index contributed by atoms with van der Waals surface area (Å²) >= 11 is 0. The number of halogens is 3. The number of hydrazone groups is 1. The number of nitrogens with zero attached hydrogens (tertiary/aromatic N) is 2. The first-order chi connectivity index (χ1) is 16.0. The van der Waals surface area contributed by atoms with Gasteiger partial charge in [0.1, 0.15) is 11.4 Å². The van der Waals surface area contributed by atoms with E-state index >= 15 is 0 Å². The zero-order valence-corrected chi connectivity index (χ0v) is 18.2. The van der Waals surface area contributed by atoms with Crippen LogP contribution in [0.5, 0.6) is 5.75 Å². The van der Waals surface area contributed by atoms with E-state index in [0.29, 0.717) is 5.56 Å². The lowest BCUT2D eigenvalue weighted by atomic mass is 10.1. The third-order valence-corrected chi connectivity index (χ3v) is 5.83. The number of nitro groups is 1. The molecule has 178 valence electrons. The molecule has 0 saturated carbocycles. The van der Waals surface area contributed by atoms with Crippen molar-refractivity contribution in [2.75, 3.05) is 17.3 Å². The highest BCUT2D eigenvalue weighted by atomic mass is 32.2. The average molecular weight is 494 g/mol. The van der Waals surface area contributed by atoms with Crippen molar-refractivity contribution < 1.29 is 31.2 Å². The molecule has 0 aliphatic carbocycles. The van der Waals surface area contributed by atoms with Crippen LogP contribution in [0.4, 0.5) is 30.2 Å². The van der Waals surface area contributed by atoms with Gasteiger partial charge in [-0.2, -0.15) is 18.3 Å². The number of nitro benzene ring substituents is 1. The molecule has 0 spiro atoms. The number of nitrogens with one attached hydrogen (secondary N) is 2. The molecule has 0 atom stereocenters. The standard InChI is InChI=1S/C21H17F3N4O5S/c1-33-20-5-3-2-4-18(20)27-34(31,32)16-10-11-17(19(12-16)28(29)30)26-25-13-14-6-8-15(9-7-14)21(22,23)24/h2-13,26-27H,1H3. The van der Waals surface area contributed by atoms with E-state index < -0.39 is 32.4 Å². The van der Waals surface area contributed by atoms with Gasteiger partial charge in [-0.25, -0.2) is 8.42 Å². The third kappa shape index (κ3) is 5.81. The Morgan fingerprint density at radius 2 is 1.71 bits per heavy atom. The van der Waals surface area contributed by atoms with Gasteiger partial charge in [-0.1, -0.05) is 24.3 Å². The summed E-state index contributed by atoms with van der Waals surface area (Å²) in [5, 5.41) is 15.3. The summed E-state index contributed by atoms with van der Waals surface area (Å²) in [7, 11) is -2.83. The van der Waals surface area contributed by atoms with Crippen LogP contribution in [0.25, 0.3) is 0 Å². The summed E-state index contributed by atoms with van der Waals surface area (Å²) in [6.45, 7) is 0. The minimum absolute atomic E-state index is 0.121.